The van der Waals surface area contributed by atoms with Gasteiger partial charge in [0.25, 0.3) is 0 Å². The van der Waals surface area contributed by atoms with Crippen molar-refractivity contribution in [1.82, 2.24) is 0 Å². The molecule has 0 atom stereocenters. The number of rotatable bonds is 0. The molecule has 152 valence electrons. The summed E-state index contributed by atoms with van der Waals surface area (Å²) in [5, 5.41) is 0.788. The Kier molecular flexibility index (Phi) is 4.04. The third-order valence-electron chi connectivity index (χ3n) is 6.77. The monoisotopic (exact) mass is 438 g/mol. The van der Waals surface area contributed by atoms with Crippen molar-refractivity contribution in [2.45, 2.75) is 41.4 Å². The maximum absolute atomic E-state index is 6.49. The van der Waals surface area contributed by atoms with Gasteiger partial charge >= 0.3 is 0 Å². The van der Waals surface area contributed by atoms with Crippen molar-refractivity contribution in [3.8, 4) is 11.1 Å². The Morgan fingerprint density at radius 3 is 1.81 bits per heavy atom. The summed E-state index contributed by atoms with van der Waals surface area (Å²) in [6.45, 7) is 6.84. The van der Waals surface area contributed by atoms with Crippen molar-refractivity contribution in [3.63, 3.8) is 0 Å². The second-order valence-corrected chi connectivity index (χ2v) is 11.1. The van der Waals surface area contributed by atoms with E-state index in [1.807, 2.05) is 17.8 Å². The molecule has 1 spiro atoms. The minimum Gasteiger partial charge on any atom is -0.0893 e. The van der Waals surface area contributed by atoms with Gasteiger partial charge in [0.2, 0.25) is 0 Å². The van der Waals surface area contributed by atoms with E-state index in [1.165, 1.54) is 48.7 Å². The highest BCUT2D eigenvalue weighted by Crippen LogP contribution is 2.62. The molecular formula is C29H23ClS. The van der Waals surface area contributed by atoms with Crippen LogP contribution >= 0.6 is 23.4 Å². The van der Waals surface area contributed by atoms with Crippen molar-refractivity contribution < 1.29 is 0 Å². The first kappa shape index (κ1) is 19.2. The highest BCUT2D eigenvalue weighted by molar-refractivity contribution is 7.99. The highest BCUT2D eigenvalue weighted by atomic mass is 35.5. The maximum Gasteiger partial charge on any atom is 0.0735 e. The van der Waals surface area contributed by atoms with Crippen LogP contribution in [0.2, 0.25) is 5.02 Å². The summed E-state index contributed by atoms with van der Waals surface area (Å²) in [4.78, 5) is 2.58. The first-order valence-electron chi connectivity index (χ1n) is 10.7. The van der Waals surface area contributed by atoms with Crippen LogP contribution in [0, 0.1) is 0 Å². The smallest absolute Gasteiger partial charge is 0.0735 e. The average molecular weight is 439 g/mol. The summed E-state index contributed by atoms with van der Waals surface area (Å²) in [6.07, 6.45) is 0. The lowest BCUT2D eigenvalue weighted by atomic mass is 9.67. The number of fused-ring (bicyclic) bond motifs is 9. The van der Waals surface area contributed by atoms with Crippen LogP contribution in [0.4, 0.5) is 0 Å². The van der Waals surface area contributed by atoms with Gasteiger partial charge in [0.1, 0.15) is 0 Å². The molecule has 0 unspecified atom stereocenters. The Balaban J connectivity index is 1.78. The lowest BCUT2D eigenvalue weighted by Gasteiger charge is -2.40. The standard InChI is InChI=1S/C29H23ClS/c1-28(2,3)18-12-14-24-26(16-18)31-27-17-19(30)13-15-25(27)29(24)22-10-6-4-8-20(22)21-9-5-7-11-23(21)29/h4-17H,1-3H3. The zero-order valence-corrected chi connectivity index (χ0v) is 19.4. The van der Waals surface area contributed by atoms with Gasteiger partial charge in [-0.2, -0.15) is 0 Å². The largest absolute Gasteiger partial charge is 0.0893 e. The zero-order chi connectivity index (χ0) is 21.4. The number of hydrogen-bond acceptors (Lipinski definition) is 1. The van der Waals surface area contributed by atoms with Crippen molar-refractivity contribution >= 4 is 23.4 Å². The third-order valence-corrected chi connectivity index (χ3v) is 8.12. The Bertz CT molecular complexity index is 1310. The van der Waals surface area contributed by atoms with Crippen LogP contribution in [-0.4, -0.2) is 0 Å². The molecule has 6 rings (SSSR count). The van der Waals surface area contributed by atoms with Crippen LogP contribution in [0.1, 0.15) is 48.6 Å². The molecule has 0 saturated heterocycles. The molecule has 0 fully saturated rings. The van der Waals surface area contributed by atoms with E-state index in [2.05, 4.69) is 99.6 Å². The van der Waals surface area contributed by atoms with Crippen LogP contribution in [0.15, 0.2) is 94.7 Å². The minimum absolute atomic E-state index is 0.100. The molecule has 0 aromatic heterocycles. The fourth-order valence-corrected chi connectivity index (χ4v) is 6.86. The van der Waals surface area contributed by atoms with Gasteiger partial charge in [0.15, 0.2) is 0 Å². The van der Waals surface area contributed by atoms with Gasteiger partial charge in [-0.25, -0.2) is 0 Å². The summed E-state index contributed by atoms with van der Waals surface area (Å²) in [5.74, 6) is 0. The number of hydrogen-bond donors (Lipinski definition) is 0. The van der Waals surface area contributed by atoms with Gasteiger partial charge in [-0.15, -0.1) is 0 Å². The molecule has 0 saturated carbocycles. The van der Waals surface area contributed by atoms with E-state index >= 15 is 0 Å². The predicted molar refractivity (Wildman–Crippen MR) is 132 cm³/mol. The fraction of sp³-hybridized carbons (Fsp3) is 0.172. The normalized spacial score (nSPS) is 15.2. The first-order chi connectivity index (χ1) is 14.9. The molecule has 2 heteroatoms. The predicted octanol–water partition coefficient (Wildman–Crippen LogP) is 8.47. The topological polar surface area (TPSA) is 0 Å². The van der Waals surface area contributed by atoms with E-state index in [0.717, 1.165) is 5.02 Å². The second kappa shape index (κ2) is 6.51. The summed E-state index contributed by atoms with van der Waals surface area (Å²) in [5.41, 5.74) is 9.24. The molecule has 2 aliphatic rings. The van der Waals surface area contributed by atoms with Crippen molar-refractivity contribution in [1.29, 1.82) is 0 Å². The van der Waals surface area contributed by atoms with Gasteiger partial charge in [-0.1, -0.05) is 111 Å². The lowest BCUT2D eigenvalue weighted by Crippen LogP contribution is -2.32. The van der Waals surface area contributed by atoms with E-state index in [0.29, 0.717) is 0 Å². The van der Waals surface area contributed by atoms with E-state index in [9.17, 15) is 0 Å². The minimum atomic E-state index is -0.315. The molecule has 0 nitrogen and oxygen atoms in total. The van der Waals surface area contributed by atoms with Gasteiger partial charge in [-0.05, 0) is 62.6 Å². The Morgan fingerprint density at radius 2 is 1.19 bits per heavy atom. The van der Waals surface area contributed by atoms with Gasteiger partial charge in [0, 0.05) is 14.8 Å². The van der Waals surface area contributed by atoms with Gasteiger partial charge in [-0.3, -0.25) is 0 Å². The summed E-state index contributed by atoms with van der Waals surface area (Å²) < 4.78 is 0. The van der Waals surface area contributed by atoms with Crippen molar-refractivity contribution in [3.05, 3.63) is 118 Å². The highest BCUT2D eigenvalue weighted by Gasteiger charge is 2.50. The van der Waals surface area contributed by atoms with Gasteiger partial charge < -0.3 is 0 Å². The molecule has 0 amide bonds. The molecule has 0 bridgehead atoms. The summed E-state index contributed by atoms with van der Waals surface area (Å²) in [7, 11) is 0. The molecule has 4 aromatic carbocycles. The van der Waals surface area contributed by atoms with Crippen LogP contribution < -0.4 is 0 Å². The van der Waals surface area contributed by atoms with Crippen LogP contribution in [0.25, 0.3) is 11.1 Å². The fourth-order valence-electron chi connectivity index (χ4n) is 5.35. The Hall–Kier alpha value is -2.48. The molecule has 1 heterocycles. The average Bonchev–Trinajstić information content (AvgIpc) is 3.04. The second-order valence-electron chi connectivity index (χ2n) is 9.54. The molecular weight excluding hydrogens is 416 g/mol. The molecule has 31 heavy (non-hydrogen) atoms. The number of benzene rings is 4. The number of halogens is 1. The van der Waals surface area contributed by atoms with E-state index < -0.39 is 0 Å². The first-order valence-corrected chi connectivity index (χ1v) is 11.9. The quantitative estimate of drug-likeness (QED) is 0.229. The Labute approximate surface area is 193 Å². The van der Waals surface area contributed by atoms with Crippen molar-refractivity contribution in [2.24, 2.45) is 0 Å². The van der Waals surface area contributed by atoms with E-state index in [4.69, 9.17) is 11.6 Å². The van der Waals surface area contributed by atoms with Crippen molar-refractivity contribution in [2.75, 3.05) is 0 Å². The van der Waals surface area contributed by atoms with Crippen LogP contribution in [-0.2, 0) is 10.8 Å². The molecule has 0 radical (unpaired) electrons. The van der Waals surface area contributed by atoms with E-state index in [-0.39, 0.29) is 10.8 Å². The zero-order valence-electron chi connectivity index (χ0n) is 17.9. The maximum atomic E-state index is 6.49. The SMILES string of the molecule is CC(C)(C)c1ccc2c(c1)Sc1cc(Cl)ccc1C21c2ccccc2-c2ccccc21. The lowest BCUT2D eigenvalue weighted by molar-refractivity contribution is 0.586. The van der Waals surface area contributed by atoms with Crippen LogP contribution in [0.5, 0.6) is 0 Å². The van der Waals surface area contributed by atoms with Crippen LogP contribution in [0.3, 0.4) is 0 Å². The summed E-state index contributed by atoms with van der Waals surface area (Å²) in [6, 6.07) is 31.3. The third kappa shape index (κ3) is 2.57. The van der Waals surface area contributed by atoms with Gasteiger partial charge in [0.05, 0.1) is 5.41 Å². The molecule has 0 N–H and O–H groups in total. The molecule has 1 aliphatic heterocycles. The molecule has 1 aliphatic carbocycles. The Morgan fingerprint density at radius 1 is 0.645 bits per heavy atom. The van der Waals surface area contributed by atoms with E-state index in [1.54, 1.807) is 0 Å². The summed E-state index contributed by atoms with van der Waals surface area (Å²) >= 11 is 8.34. The molecule has 4 aromatic rings.